The van der Waals surface area contributed by atoms with Crippen molar-refractivity contribution in [1.29, 1.82) is 0 Å². The van der Waals surface area contributed by atoms with Crippen molar-refractivity contribution in [2.75, 3.05) is 18.5 Å². The molecule has 1 atom stereocenters. The molecular formula is C23H25F3N4O3. The standard InChI is InChI=1S/C23H25F3N4O3/c1-12(15-5-4-6-16(19(15)24)21(25)26)27-22-17-11-18(33-14-7-9-32-10-8-14)30(3)23(31)20(17)28-13(2)29-22/h4-6,11-12,14,21H,7-10H2,1-3H3,(H,27,28,29)/t12-/m1/s1. The molecule has 3 heterocycles. The van der Waals surface area contributed by atoms with E-state index in [0.717, 1.165) is 6.07 Å². The van der Waals surface area contributed by atoms with Crippen LogP contribution in [0, 0.1) is 12.7 Å². The van der Waals surface area contributed by atoms with Crippen molar-refractivity contribution in [1.82, 2.24) is 14.5 Å². The molecule has 1 fully saturated rings. The SMILES string of the molecule is Cc1nc(N[C@H](C)c2cccc(C(F)F)c2F)c2cc(OC3CCOCC3)n(C)c(=O)c2n1. The number of halogens is 3. The molecule has 1 aliphatic rings. The Bertz CT molecular complexity index is 1230. The lowest BCUT2D eigenvalue weighted by molar-refractivity contribution is 0.0222. The van der Waals surface area contributed by atoms with Crippen molar-refractivity contribution in [2.24, 2.45) is 7.05 Å². The fourth-order valence-electron chi connectivity index (χ4n) is 3.90. The fraction of sp³-hybridized carbons (Fsp3) is 0.435. The van der Waals surface area contributed by atoms with E-state index in [1.165, 1.54) is 16.7 Å². The fourth-order valence-corrected chi connectivity index (χ4v) is 3.90. The van der Waals surface area contributed by atoms with Gasteiger partial charge in [0, 0.05) is 31.5 Å². The van der Waals surface area contributed by atoms with Gasteiger partial charge < -0.3 is 14.8 Å². The van der Waals surface area contributed by atoms with E-state index < -0.39 is 23.8 Å². The average Bonchev–Trinajstić information content (AvgIpc) is 2.78. The number of hydrogen-bond donors (Lipinski definition) is 1. The minimum Gasteiger partial charge on any atom is -0.475 e. The summed E-state index contributed by atoms with van der Waals surface area (Å²) in [5.74, 6) is 0.0195. The Hall–Kier alpha value is -3.14. The number of nitrogens with zero attached hydrogens (tertiary/aromatic N) is 3. The summed E-state index contributed by atoms with van der Waals surface area (Å²) in [4.78, 5) is 21.7. The quantitative estimate of drug-likeness (QED) is 0.584. The van der Waals surface area contributed by atoms with Crippen LogP contribution in [-0.2, 0) is 11.8 Å². The number of nitrogens with one attached hydrogen (secondary N) is 1. The summed E-state index contributed by atoms with van der Waals surface area (Å²) in [5.41, 5.74) is -0.770. The monoisotopic (exact) mass is 462 g/mol. The lowest BCUT2D eigenvalue weighted by atomic mass is 10.0. The predicted molar refractivity (Wildman–Crippen MR) is 117 cm³/mol. The predicted octanol–water partition coefficient (Wildman–Crippen LogP) is 4.44. The molecule has 0 bridgehead atoms. The van der Waals surface area contributed by atoms with Gasteiger partial charge in [0.25, 0.3) is 12.0 Å². The molecule has 0 spiro atoms. The van der Waals surface area contributed by atoms with Gasteiger partial charge in [-0.3, -0.25) is 9.36 Å². The Morgan fingerprint density at radius 1 is 1.21 bits per heavy atom. The van der Waals surface area contributed by atoms with Crippen molar-refractivity contribution in [2.45, 2.75) is 45.3 Å². The van der Waals surface area contributed by atoms with Crippen molar-refractivity contribution in [3.63, 3.8) is 0 Å². The van der Waals surface area contributed by atoms with Gasteiger partial charge in [-0.25, -0.2) is 23.1 Å². The van der Waals surface area contributed by atoms with Crippen LogP contribution in [0.4, 0.5) is 19.0 Å². The number of fused-ring (bicyclic) bond motifs is 1. The minimum absolute atomic E-state index is 0.0692. The molecule has 1 N–H and O–H groups in total. The molecule has 1 aromatic carbocycles. The largest absolute Gasteiger partial charge is 0.475 e. The van der Waals surface area contributed by atoms with Crippen LogP contribution in [0.2, 0.25) is 0 Å². The van der Waals surface area contributed by atoms with Gasteiger partial charge in [0.1, 0.15) is 29.1 Å². The van der Waals surface area contributed by atoms with E-state index in [-0.39, 0.29) is 22.7 Å². The number of anilines is 1. The molecule has 2 aromatic heterocycles. The van der Waals surface area contributed by atoms with Crippen LogP contribution in [0.25, 0.3) is 10.9 Å². The number of benzene rings is 1. The number of rotatable bonds is 6. The first-order valence-electron chi connectivity index (χ1n) is 10.7. The summed E-state index contributed by atoms with van der Waals surface area (Å²) in [6, 6.07) is 4.85. The lowest BCUT2D eigenvalue weighted by Gasteiger charge is -2.24. The molecule has 33 heavy (non-hydrogen) atoms. The molecule has 0 radical (unpaired) electrons. The van der Waals surface area contributed by atoms with E-state index >= 15 is 0 Å². The highest BCUT2D eigenvalue weighted by atomic mass is 19.3. The maximum Gasteiger partial charge on any atom is 0.279 e. The van der Waals surface area contributed by atoms with Crippen molar-refractivity contribution in [3.05, 3.63) is 57.4 Å². The zero-order valence-corrected chi connectivity index (χ0v) is 18.6. The van der Waals surface area contributed by atoms with Crippen LogP contribution in [0.5, 0.6) is 5.88 Å². The van der Waals surface area contributed by atoms with Gasteiger partial charge in [-0.05, 0) is 13.8 Å². The van der Waals surface area contributed by atoms with Crippen molar-refractivity contribution >= 4 is 16.7 Å². The van der Waals surface area contributed by atoms with Gasteiger partial charge in [0.15, 0.2) is 5.88 Å². The molecule has 1 aliphatic heterocycles. The molecule has 10 heteroatoms. The zero-order chi connectivity index (χ0) is 23.7. The first kappa shape index (κ1) is 23.0. The molecule has 176 valence electrons. The van der Waals surface area contributed by atoms with E-state index in [2.05, 4.69) is 15.3 Å². The topological polar surface area (TPSA) is 78.3 Å². The molecule has 0 unspecified atom stereocenters. The molecule has 0 amide bonds. The van der Waals surface area contributed by atoms with Gasteiger partial charge in [-0.15, -0.1) is 0 Å². The Morgan fingerprint density at radius 3 is 2.61 bits per heavy atom. The highest BCUT2D eigenvalue weighted by Crippen LogP contribution is 2.31. The highest BCUT2D eigenvalue weighted by molar-refractivity contribution is 5.89. The second-order valence-corrected chi connectivity index (χ2v) is 8.08. The van der Waals surface area contributed by atoms with Gasteiger partial charge in [0.05, 0.1) is 30.2 Å². The summed E-state index contributed by atoms with van der Waals surface area (Å²) < 4.78 is 53.8. The van der Waals surface area contributed by atoms with Crippen molar-refractivity contribution in [3.8, 4) is 5.88 Å². The van der Waals surface area contributed by atoms with Gasteiger partial charge in [0.2, 0.25) is 0 Å². The van der Waals surface area contributed by atoms with Crippen LogP contribution in [0.3, 0.4) is 0 Å². The molecule has 0 saturated carbocycles. The number of hydrogen-bond acceptors (Lipinski definition) is 6. The van der Waals surface area contributed by atoms with E-state index in [4.69, 9.17) is 9.47 Å². The number of aryl methyl sites for hydroxylation is 1. The summed E-state index contributed by atoms with van der Waals surface area (Å²) >= 11 is 0. The van der Waals surface area contributed by atoms with Crippen LogP contribution in [-0.4, -0.2) is 33.9 Å². The Morgan fingerprint density at radius 2 is 1.91 bits per heavy atom. The van der Waals surface area contributed by atoms with Crippen LogP contribution < -0.4 is 15.6 Å². The highest BCUT2D eigenvalue weighted by Gasteiger charge is 2.22. The smallest absolute Gasteiger partial charge is 0.279 e. The minimum atomic E-state index is -2.92. The first-order valence-corrected chi connectivity index (χ1v) is 10.7. The molecule has 3 aromatic rings. The first-order chi connectivity index (χ1) is 15.8. The van der Waals surface area contributed by atoms with Gasteiger partial charge >= 0.3 is 0 Å². The third kappa shape index (κ3) is 4.66. The van der Waals surface area contributed by atoms with Crippen LogP contribution in [0.1, 0.15) is 49.2 Å². The maximum atomic E-state index is 14.7. The normalized spacial score (nSPS) is 15.7. The maximum absolute atomic E-state index is 14.7. The second kappa shape index (κ2) is 9.38. The van der Waals surface area contributed by atoms with Gasteiger partial charge in [-0.2, -0.15) is 0 Å². The summed E-state index contributed by atoms with van der Waals surface area (Å²) in [5, 5.41) is 3.47. The third-order valence-corrected chi connectivity index (χ3v) is 5.73. The lowest BCUT2D eigenvalue weighted by Crippen LogP contribution is -2.29. The van der Waals surface area contributed by atoms with Crippen LogP contribution >= 0.6 is 0 Å². The summed E-state index contributed by atoms with van der Waals surface area (Å²) in [6.07, 6.45) is -1.60. The van der Waals surface area contributed by atoms with Crippen LogP contribution in [0.15, 0.2) is 29.1 Å². The number of pyridine rings is 1. The Labute approximate surface area is 188 Å². The van der Waals surface area contributed by atoms with E-state index in [0.29, 0.717) is 49.0 Å². The molecule has 4 rings (SSSR count). The molecule has 7 nitrogen and oxygen atoms in total. The van der Waals surface area contributed by atoms with E-state index in [9.17, 15) is 18.0 Å². The number of alkyl halides is 2. The Balaban J connectivity index is 1.74. The van der Waals surface area contributed by atoms with Gasteiger partial charge in [-0.1, -0.05) is 18.2 Å². The molecular weight excluding hydrogens is 437 g/mol. The third-order valence-electron chi connectivity index (χ3n) is 5.73. The van der Waals surface area contributed by atoms with E-state index in [1.807, 2.05) is 0 Å². The number of aromatic nitrogens is 3. The zero-order valence-electron chi connectivity index (χ0n) is 18.6. The summed E-state index contributed by atoms with van der Waals surface area (Å²) in [7, 11) is 1.61. The Kier molecular flexibility index (Phi) is 6.55. The van der Waals surface area contributed by atoms with E-state index in [1.54, 1.807) is 27.0 Å². The average molecular weight is 462 g/mol. The second-order valence-electron chi connectivity index (χ2n) is 8.08. The molecule has 1 saturated heterocycles. The summed E-state index contributed by atoms with van der Waals surface area (Å²) in [6.45, 7) is 4.45. The molecule has 0 aliphatic carbocycles. The van der Waals surface area contributed by atoms with Crippen molar-refractivity contribution < 1.29 is 22.6 Å². The number of ether oxygens (including phenoxy) is 2.